The monoisotopic (exact) mass is 334 g/mol. The second-order valence-corrected chi connectivity index (χ2v) is 5.99. The second-order valence-electron chi connectivity index (χ2n) is 5.99. The number of nitrogens with zero attached hydrogens (tertiary/aromatic N) is 2. The number of ether oxygens (including phenoxy) is 1. The predicted molar refractivity (Wildman–Crippen MR) is 94.1 cm³/mol. The fraction of sp³-hybridized carbons (Fsp3) is 0.588. The van der Waals surface area contributed by atoms with Gasteiger partial charge in [-0.1, -0.05) is 25.0 Å². The van der Waals surface area contributed by atoms with E-state index in [-0.39, 0.29) is 5.69 Å². The van der Waals surface area contributed by atoms with Crippen LogP contribution in [0.4, 0.5) is 5.69 Å². The van der Waals surface area contributed by atoms with Gasteiger partial charge in [-0.3, -0.25) is 10.1 Å². The van der Waals surface area contributed by atoms with Crippen LogP contribution in [0.2, 0.25) is 0 Å². The number of methoxy groups -OCH3 is 1. The van der Waals surface area contributed by atoms with Crippen molar-refractivity contribution in [1.29, 1.82) is 0 Å². The first kappa shape index (κ1) is 18.2. The first-order valence-electron chi connectivity index (χ1n) is 8.46. The molecule has 1 fully saturated rings. The highest BCUT2D eigenvalue weighted by atomic mass is 16.6. The summed E-state index contributed by atoms with van der Waals surface area (Å²) in [5, 5.41) is 17.5. The second kappa shape index (κ2) is 9.87. The molecule has 132 valence electrons. The maximum absolute atomic E-state index is 10.7. The summed E-state index contributed by atoms with van der Waals surface area (Å²) in [5.74, 6) is 0.802. The molecule has 0 atom stereocenters. The molecule has 0 amide bonds. The number of guanidine groups is 1. The van der Waals surface area contributed by atoms with Gasteiger partial charge in [0.2, 0.25) is 0 Å². The predicted octanol–water partition coefficient (Wildman–Crippen LogP) is 2.61. The minimum atomic E-state index is -0.391. The summed E-state index contributed by atoms with van der Waals surface area (Å²) in [7, 11) is 1.69. The topological polar surface area (TPSA) is 88.8 Å². The Morgan fingerprint density at radius 1 is 1.33 bits per heavy atom. The van der Waals surface area contributed by atoms with Crippen LogP contribution in [0.5, 0.6) is 0 Å². The number of rotatable bonds is 8. The van der Waals surface area contributed by atoms with Crippen LogP contribution >= 0.6 is 0 Å². The van der Waals surface area contributed by atoms with Crippen molar-refractivity contribution in [2.24, 2.45) is 4.99 Å². The summed E-state index contributed by atoms with van der Waals surface area (Å²) in [6.45, 7) is 2.00. The van der Waals surface area contributed by atoms with E-state index in [1.165, 1.54) is 37.8 Å². The molecule has 1 aliphatic carbocycles. The Kier molecular flexibility index (Phi) is 7.48. The van der Waals surface area contributed by atoms with Gasteiger partial charge in [-0.05, 0) is 24.8 Å². The van der Waals surface area contributed by atoms with Crippen LogP contribution in [0.25, 0.3) is 0 Å². The number of nitro groups is 1. The van der Waals surface area contributed by atoms with E-state index in [9.17, 15) is 10.1 Å². The maximum Gasteiger partial charge on any atom is 0.269 e. The molecule has 1 aromatic rings. The van der Waals surface area contributed by atoms with Crippen LogP contribution in [0.1, 0.15) is 37.7 Å². The minimum Gasteiger partial charge on any atom is -0.385 e. The van der Waals surface area contributed by atoms with Gasteiger partial charge in [0, 0.05) is 38.4 Å². The quantitative estimate of drug-likeness (QED) is 0.251. The Morgan fingerprint density at radius 3 is 2.67 bits per heavy atom. The fourth-order valence-corrected chi connectivity index (χ4v) is 2.73. The van der Waals surface area contributed by atoms with Crippen LogP contribution in [-0.2, 0) is 11.3 Å². The average Bonchev–Trinajstić information content (AvgIpc) is 3.09. The molecule has 0 bridgehead atoms. The molecular formula is C17H26N4O3. The molecule has 2 rings (SSSR count). The SMILES string of the molecule is COCCCNC(=NCc1ccc([N+](=O)[O-])cc1)NC1CCCC1. The number of non-ortho nitro benzene ring substituents is 1. The lowest BCUT2D eigenvalue weighted by Gasteiger charge is -2.17. The Morgan fingerprint density at radius 2 is 2.04 bits per heavy atom. The maximum atomic E-state index is 10.7. The normalized spacial score (nSPS) is 15.5. The molecule has 7 nitrogen and oxygen atoms in total. The Labute approximate surface area is 142 Å². The highest BCUT2D eigenvalue weighted by Gasteiger charge is 2.16. The number of nitrogens with one attached hydrogen (secondary N) is 2. The van der Waals surface area contributed by atoms with Crippen molar-refractivity contribution in [3.05, 3.63) is 39.9 Å². The minimum absolute atomic E-state index is 0.102. The number of hydrogen-bond acceptors (Lipinski definition) is 4. The molecule has 0 unspecified atom stereocenters. The van der Waals surface area contributed by atoms with E-state index < -0.39 is 4.92 Å². The molecule has 1 saturated carbocycles. The van der Waals surface area contributed by atoms with Crippen LogP contribution in [0, 0.1) is 10.1 Å². The van der Waals surface area contributed by atoms with Gasteiger partial charge in [0.15, 0.2) is 5.96 Å². The van der Waals surface area contributed by atoms with E-state index in [0.717, 1.165) is 24.5 Å². The van der Waals surface area contributed by atoms with Crippen molar-refractivity contribution >= 4 is 11.6 Å². The molecule has 2 N–H and O–H groups in total. The van der Waals surface area contributed by atoms with Crippen molar-refractivity contribution in [1.82, 2.24) is 10.6 Å². The number of nitro benzene ring substituents is 1. The summed E-state index contributed by atoms with van der Waals surface area (Å²) >= 11 is 0. The summed E-state index contributed by atoms with van der Waals surface area (Å²) in [6, 6.07) is 7.01. The van der Waals surface area contributed by atoms with Crippen LogP contribution in [-0.4, -0.2) is 37.2 Å². The van der Waals surface area contributed by atoms with Crippen LogP contribution in [0.3, 0.4) is 0 Å². The summed E-state index contributed by atoms with van der Waals surface area (Å²) < 4.78 is 5.06. The Bertz CT molecular complexity index is 539. The van der Waals surface area contributed by atoms with E-state index in [0.29, 0.717) is 19.2 Å². The number of benzene rings is 1. The highest BCUT2D eigenvalue weighted by molar-refractivity contribution is 5.80. The first-order valence-corrected chi connectivity index (χ1v) is 8.46. The van der Waals surface area contributed by atoms with Crippen molar-refractivity contribution in [3.8, 4) is 0 Å². The zero-order valence-electron chi connectivity index (χ0n) is 14.2. The van der Waals surface area contributed by atoms with Gasteiger partial charge in [0.1, 0.15) is 0 Å². The molecule has 7 heteroatoms. The summed E-state index contributed by atoms with van der Waals surface area (Å²) in [5.41, 5.74) is 1.05. The molecule has 0 aliphatic heterocycles. The van der Waals surface area contributed by atoms with Crippen LogP contribution in [0.15, 0.2) is 29.3 Å². The molecular weight excluding hydrogens is 308 g/mol. The van der Waals surface area contributed by atoms with Gasteiger partial charge in [-0.2, -0.15) is 0 Å². The lowest BCUT2D eigenvalue weighted by Crippen LogP contribution is -2.43. The molecule has 24 heavy (non-hydrogen) atoms. The van der Waals surface area contributed by atoms with Crippen LogP contribution < -0.4 is 10.6 Å². The van der Waals surface area contributed by atoms with Gasteiger partial charge in [0.25, 0.3) is 5.69 Å². The summed E-state index contributed by atoms with van der Waals surface area (Å²) in [4.78, 5) is 14.9. The highest BCUT2D eigenvalue weighted by Crippen LogP contribution is 2.17. The summed E-state index contributed by atoms with van der Waals surface area (Å²) in [6.07, 6.45) is 5.79. The molecule has 0 radical (unpaired) electrons. The lowest BCUT2D eigenvalue weighted by atomic mass is 10.2. The van der Waals surface area contributed by atoms with E-state index in [4.69, 9.17) is 4.74 Å². The molecule has 0 aromatic heterocycles. The van der Waals surface area contributed by atoms with Crippen molar-refractivity contribution < 1.29 is 9.66 Å². The third-order valence-corrected chi connectivity index (χ3v) is 4.08. The third kappa shape index (κ3) is 6.16. The zero-order chi connectivity index (χ0) is 17.2. The fourth-order valence-electron chi connectivity index (χ4n) is 2.73. The lowest BCUT2D eigenvalue weighted by molar-refractivity contribution is -0.384. The first-order chi connectivity index (χ1) is 11.7. The van der Waals surface area contributed by atoms with E-state index in [1.54, 1.807) is 19.2 Å². The van der Waals surface area contributed by atoms with Crippen molar-refractivity contribution in [2.45, 2.75) is 44.7 Å². The molecule has 0 heterocycles. The van der Waals surface area contributed by atoms with E-state index in [1.807, 2.05) is 0 Å². The number of hydrogen-bond donors (Lipinski definition) is 2. The van der Waals surface area contributed by atoms with E-state index in [2.05, 4.69) is 15.6 Å². The number of aliphatic imine (C=N–C) groups is 1. The van der Waals surface area contributed by atoms with Gasteiger partial charge < -0.3 is 15.4 Å². The van der Waals surface area contributed by atoms with Gasteiger partial charge in [-0.15, -0.1) is 0 Å². The standard InChI is InChI=1S/C17H26N4O3/c1-24-12-4-11-18-17(20-15-5-2-3-6-15)19-13-14-7-9-16(10-8-14)21(22)23/h7-10,15H,2-6,11-13H2,1H3,(H2,18,19,20). The zero-order valence-corrected chi connectivity index (χ0v) is 14.2. The molecule has 0 spiro atoms. The third-order valence-electron chi connectivity index (χ3n) is 4.08. The largest absolute Gasteiger partial charge is 0.385 e. The van der Waals surface area contributed by atoms with Gasteiger partial charge >= 0.3 is 0 Å². The van der Waals surface area contributed by atoms with Crippen molar-refractivity contribution in [2.75, 3.05) is 20.3 Å². The van der Waals surface area contributed by atoms with Crippen molar-refractivity contribution in [3.63, 3.8) is 0 Å². The Balaban J connectivity index is 1.92. The molecule has 1 aliphatic rings. The average molecular weight is 334 g/mol. The smallest absolute Gasteiger partial charge is 0.269 e. The molecule has 1 aromatic carbocycles. The van der Waals surface area contributed by atoms with Gasteiger partial charge in [-0.25, -0.2) is 4.99 Å². The van der Waals surface area contributed by atoms with Gasteiger partial charge in [0.05, 0.1) is 11.5 Å². The van der Waals surface area contributed by atoms with E-state index >= 15 is 0 Å². The molecule has 0 saturated heterocycles. The Hall–Kier alpha value is -2.15.